The van der Waals surface area contributed by atoms with Crippen LogP contribution in [0.15, 0.2) is 18.2 Å². The normalized spacial score (nSPS) is 13.4. The molecule has 1 heterocycles. The summed E-state index contributed by atoms with van der Waals surface area (Å²) in [5.74, 6) is 1.32. The first-order valence-corrected chi connectivity index (χ1v) is 6.40. The third kappa shape index (κ3) is 2.34. The van der Waals surface area contributed by atoms with Gasteiger partial charge in [0.15, 0.2) is 0 Å². The summed E-state index contributed by atoms with van der Waals surface area (Å²) in [4.78, 5) is 4.45. The molecule has 1 atom stereocenters. The van der Waals surface area contributed by atoms with Gasteiger partial charge in [-0.25, -0.2) is 4.98 Å². The van der Waals surface area contributed by atoms with E-state index < -0.39 is 0 Å². The molecule has 1 aromatic heterocycles. The van der Waals surface area contributed by atoms with Gasteiger partial charge in [0.25, 0.3) is 0 Å². The average molecular weight is 247 g/mol. The Kier molecular flexibility index (Phi) is 3.57. The molecule has 0 aliphatic rings. The molecule has 3 N–H and O–H groups in total. The number of aliphatic hydroxyl groups is 1. The highest BCUT2D eigenvalue weighted by Gasteiger charge is 2.16. The van der Waals surface area contributed by atoms with Gasteiger partial charge < -0.3 is 15.4 Å². The fraction of sp³-hybridized carbons (Fsp3) is 0.500. The molecule has 0 radical (unpaired) electrons. The summed E-state index contributed by atoms with van der Waals surface area (Å²) < 4.78 is 2.12. The number of nitrogen functional groups attached to an aromatic ring is 1. The van der Waals surface area contributed by atoms with Crippen molar-refractivity contribution in [2.45, 2.75) is 39.8 Å². The molecule has 0 amide bonds. The molecule has 18 heavy (non-hydrogen) atoms. The van der Waals surface area contributed by atoms with Crippen LogP contribution in [0.25, 0.3) is 11.0 Å². The Hall–Kier alpha value is -1.55. The standard InChI is InChI=1S/C14H21N3O/c1-9(2)6-10(3)17-13-5-4-11(15)7-12(13)16-14(17)8-18/h4-5,7,9-10,18H,6,8,15H2,1-3H3. The lowest BCUT2D eigenvalue weighted by Crippen LogP contribution is -2.11. The van der Waals surface area contributed by atoms with E-state index in [4.69, 9.17) is 5.73 Å². The van der Waals surface area contributed by atoms with Gasteiger partial charge in [0.2, 0.25) is 0 Å². The second-order valence-corrected chi connectivity index (χ2v) is 5.28. The number of anilines is 1. The van der Waals surface area contributed by atoms with Crippen molar-refractivity contribution in [3.63, 3.8) is 0 Å². The highest BCUT2D eigenvalue weighted by atomic mass is 16.3. The summed E-state index contributed by atoms with van der Waals surface area (Å²) in [6.07, 6.45) is 1.06. The zero-order valence-electron chi connectivity index (χ0n) is 11.2. The third-order valence-corrected chi connectivity index (χ3v) is 3.18. The number of fused-ring (bicyclic) bond motifs is 1. The number of rotatable bonds is 4. The largest absolute Gasteiger partial charge is 0.399 e. The van der Waals surface area contributed by atoms with Crippen LogP contribution in [0.5, 0.6) is 0 Å². The van der Waals surface area contributed by atoms with Gasteiger partial charge >= 0.3 is 0 Å². The van der Waals surface area contributed by atoms with E-state index in [1.54, 1.807) is 0 Å². The smallest absolute Gasteiger partial charge is 0.135 e. The Balaban J connectivity index is 2.53. The topological polar surface area (TPSA) is 64.1 Å². The van der Waals surface area contributed by atoms with Gasteiger partial charge in [-0.3, -0.25) is 0 Å². The molecule has 0 fully saturated rings. The summed E-state index contributed by atoms with van der Waals surface area (Å²) in [7, 11) is 0. The van der Waals surface area contributed by atoms with Crippen LogP contribution in [0.2, 0.25) is 0 Å². The van der Waals surface area contributed by atoms with Crippen LogP contribution in [-0.2, 0) is 6.61 Å². The maximum absolute atomic E-state index is 9.46. The number of hydrogen-bond donors (Lipinski definition) is 2. The second kappa shape index (κ2) is 4.98. The molecule has 2 rings (SSSR count). The summed E-state index contributed by atoms with van der Waals surface area (Å²) in [6.45, 7) is 6.52. The van der Waals surface area contributed by atoms with Gasteiger partial charge in [-0.05, 0) is 37.5 Å². The average Bonchev–Trinajstić information content (AvgIpc) is 2.65. The lowest BCUT2D eigenvalue weighted by molar-refractivity contribution is 0.259. The van der Waals surface area contributed by atoms with E-state index in [1.165, 1.54) is 0 Å². The fourth-order valence-electron chi connectivity index (χ4n) is 2.56. The van der Waals surface area contributed by atoms with Crippen LogP contribution < -0.4 is 5.73 Å². The number of aliphatic hydroxyl groups excluding tert-OH is 1. The van der Waals surface area contributed by atoms with E-state index in [0.29, 0.717) is 23.5 Å². The molecule has 1 aromatic carbocycles. The van der Waals surface area contributed by atoms with Gasteiger partial charge in [0.05, 0.1) is 11.0 Å². The van der Waals surface area contributed by atoms with Crippen LogP contribution in [0.4, 0.5) is 5.69 Å². The van der Waals surface area contributed by atoms with Crippen LogP contribution in [-0.4, -0.2) is 14.7 Å². The van der Waals surface area contributed by atoms with Crippen molar-refractivity contribution in [1.29, 1.82) is 0 Å². The molecule has 0 saturated heterocycles. The molecule has 0 spiro atoms. The summed E-state index contributed by atoms with van der Waals surface area (Å²) >= 11 is 0. The van der Waals surface area contributed by atoms with Crippen molar-refractivity contribution in [2.24, 2.45) is 5.92 Å². The monoisotopic (exact) mass is 247 g/mol. The molecule has 2 aromatic rings. The van der Waals surface area contributed by atoms with Crippen LogP contribution in [0.3, 0.4) is 0 Å². The van der Waals surface area contributed by atoms with E-state index in [1.807, 2.05) is 18.2 Å². The third-order valence-electron chi connectivity index (χ3n) is 3.18. The maximum Gasteiger partial charge on any atom is 0.135 e. The molecule has 0 aliphatic carbocycles. The number of imidazole rings is 1. The summed E-state index contributed by atoms with van der Waals surface area (Å²) in [5, 5.41) is 9.46. The quantitative estimate of drug-likeness (QED) is 0.816. The summed E-state index contributed by atoms with van der Waals surface area (Å²) in [5.41, 5.74) is 8.37. The van der Waals surface area contributed by atoms with E-state index in [2.05, 4.69) is 30.3 Å². The van der Waals surface area contributed by atoms with E-state index in [9.17, 15) is 5.11 Å². The van der Waals surface area contributed by atoms with Gasteiger partial charge in [-0.2, -0.15) is 0 Å². The zero-order chi connectivity index (χ0) is 13.3. The Morgan fingerprint density at radius 1 is 1.33 bits per heavy atom. The Bertz CT molecular complexity index is 545. The lowest BCUT2D eigenvalue weighted by atomic mass is 10.0. The van der Waals surface area contributed by atoms with Crippen LogP contribution in [0.1, 0.15) is 39.1 Å². The number of nitrogens with two attached hydrogens (primary N) is 1. The van der Waals surface area contributed by atoms with Crippen LogP contribution >= 0.6 is 0 Å². The zero-order valence-corrected chi connectivity index (χ0v) is 11.2. The first-order chi connectivity index (χ1) is 8.52. The molecular weight excluding hydrogens is 226 g/mol. The summed E-state index contributed by atoms with van der Waals surface area (Å²) in [6, 6.07) is 6.03. The van der Waals surface area contributed by atoms with Gasteiger partial charge in [0, 0.05) is 11.7 Å². The molecule has 0 bridgehead atoms. The first kappa shape index (κ1) is 12.9. The van der Waals surface area contributed by atoms with E-state index in [-0.39, 0.29) is 6.61 Å². The first-order valence-electron chi connectivity index (χ1n) is 6.40. The van der Waals surface area contributed by atoms with Crippen molar-refractivity contribution in [3.8, 4) is 0 Å². The molecule has 4 heteroatoms. The maximum atomic E-state index is 9.46. The number of nitrogens with zero attached hydrogens (tertiary/aromatic N) is 2. The Morgan fingerprint density at radius 3 is 2.67 bits per heavy atom. The predicted molar refractivity (Wildman–Crippen MR) is 74.2 cm³/mol. The van der Waals surface area contributed by atoms with Gasteiger partial charge in [-0.1, -0.05) is 13.8 Å². The second-order valence-electron chi connectivity index (χ2n) is 5.28. The highest BCUT2D eigenvalue weighted by molar-refractivity contribution is 5.79. The van der Waals surface area contributed by atoms with Crippen LogP contribution in [0, 0.1) is 5.92 Å². The minimum atomic E-state index is -0.0446. The Labute approximate surface area is 107 Å². The van der Waals surface area contributed by atoms with Crippen molar-refractivity contribution >= 4 is 16.7 Å². The molecule has 0 saturated carbocycles. The highest BCUT2D eigenvalue weighted by Crippen LogP contribution is 2.26. The van der Waals surface area contributed by atoms with E-state index >= 15 is 0 Å². The Morgan fingerprint density at radius 2 is 2.06 bits per heavy atom. The lowest BCUT2D eigenvalue weighted by Gasteiger charge is -2.19. The minimum Gasteiger partial charge on any atom is -0.399 e. The van der Waals surface area contributed by atoms with Crippen molar-refractivity contribution in [2.75, 3.05) is 5.73 Å². The van der Waals surface area contributed by atoms with E-state index in [0.717, 1.165) is 17.5 Å². The molecule has 1 unspecified atom stereocenters. The van der Waals surface area contributed by atoms with Crippen molar-refractivity contribution in [1.82, 2.24) is 9.55 Å². The van der Waals surface area contributed by atoms with Gasteiger partial charge in [-0.15, -0.1) is 0 Å². The molecule has 98 valence electrons. The fourth-order valence-corrected chi connectivity index (χ4v) is 2.56. The minimum absolute atomic E-state index is 0.0446. The molecule has 4 nitrogen and oxygen atoms in total. The number of hydrogen-bond acceptors (Lipinski definition) is 3. The molecular formula is C14H21N3O. The number of aromatic nitrogens is 2. The van der Waals surface area contributed by atoms with Crippen molar-refractivity contribution < 1.29 is 5.11 Å². The van der Waals surface area contributed by atoms with Gasteiger partial charge in [0.1, 0.15) is 12.4 Å². The number of benzene rings is 1. The molecule has 0 aliphatic heterocycles. The van der Waals surface area contributed by atoms with Crippen molar-refractivity contribution in [3.05, 3.63) is 24.0 Å². The SMILES string of the molecule is CC(C)CC(C)n1c(CO)nc2cc(N)ccc21. The predicted octanol–water partition coefficient (Wildman–Crippen LogP) is 2.72.